The molecule has 2 atom stereocenters. The van der Waals surface area contributed by atoms with E-state index in [1.165, 1.54) is 44.2 Å². The molecule has 0 amide bonds. The maximum absolute atomic E-state index is 3.95. The first-order valence-corrected chi connectivity index (χ1v) is 7.98. The van der Waals surface area contributed by atoms with E-state index < -0.39 is 0 Å². The Morgan fingerprint density at radius 3 is 2.86 bits per heavy atom. The van der Waals surface area contributed by atoms with Crippen LogP contribution in [-0.4, -0.2) is 26.2 Å². The van der Waals surface area contributed by atoms with Crippen LogP contribution in [0.5, 0.6) is 0 Å². The minimum atomic E-state index is 0.619. The van der Waals surface area contributed by atoms with E-state index >= 15 is 0 Å². The summed E-state index contributed by atoms with van der Waals surface area (Å²) >= 11 is 0. The predicted octanol–water partition coefficient (Wildman–Crippen LogP) is 3.04. The Bertz CT molecular complexity index is 590. The molecule has 0 aliphatic heterocycles. The van der Waals surface area contributed by atoms with E-state index in [0.717, 1.165) is 17.5 Å². The van der Waals surface area contributed by atoms with E-state index in [0.29, 0.717) is 6.04 Å². The van der Waals surface area contributed by atoms with Gasteiger partial charge in [-0.2, -0.15) is 0 Å². The van der Waals surface area contributed by atoms with E-state index in [2.05, 4.69) is 39.0 Å². The van der Waals surface area contributed by atoms with Gasteiger partial charge < -0.3 is 5.32 Å². The third-order valence-corrected chi connectivity index (χ3v) is 4.83. The number of aromatic nitrogens is 4. The van der Waals surface area contributed by atoms with Crippen LogP contribution in [0.25, 0.3) is 5.69 Å². The monoisotopic (exact) mass is 283 g/mol. The van der Waals surface area contributed by atoms with Crippen molar-refractivity contribution < 1.29 is 0 Å². The lowest BCUT2D eigenvalue weighted by molar-refractivity contribution is 0.303. The van der Waals surface area contributed by atoms with Gasteiger partial charge in [0, 0.05) is 11.7 Å². The first kappa shape index (κ1) is 12.8. The molecule has 4 rings (SSSR count). The van der Waals surface area contributed by atoms with Crippen molar-refractivity contribution in [1.29, 1.82) is 0 Å². The van der Waals surface area contributed by atoms with Crippen LogP contribution in [0.3, 0.4) is 0 Å². The van der Waals surface area contributed by atoms with Crippen LogP contribution in [0.2, 0.25) is 0 Å². The van der Waals surface area contributed by atoms with Crippen LogP contribution in [0, 0.1) is 11.8 Å². The number of nitrogens with one attached hydrogen (secondary N) is 1. The summed E-state index contributed by atoms with van der Waals surface area (Å²) in [7, 11) is 0. The third kappa shape index (κ3) is 2.91. The molecular formula is C16H21N5. The summed E-state index contributed by atoms with van der Waals surface area (Å²) in [5.74, 6) is 1.99. The third-order valence-electron chi connectivity index (χ3n) is 4.83. The second-order valence-corrected chi connectivity index (χ2v) is 6.41. The summed E-state index contributed by atoms with van der Waals surface area (Å²) < 4.78 is 1.69. The number of hydrogen-bond donors (Lipinski definition) is 1. The SMILES string of the molecule is c1cc(NC2CCCC(C3CC3)C2)cc(-n2cnnn2)c1. The van der Waals surface area contributed by atoms with Gasteiger partial charge in [-0.25, -0.2) is 4.68 Å². The van der Waals surface area contributed by atoms with E-state index in [1.54, 1.807) is 11.0 Å². The van der Waals surface area contributed by atoms with E-state index in [1.807, 2.05) is 6.07 Å². The molecule has 0 bridgehead atoms. The van der Waals surface area contributed by atoms with Gasteiger partial charge in [0.25, 0.3) is 0 Å². The van der Waals surface area contributed by atoms with Crippen molar-refractivity contribution in [3.63, 3.8) is 0 Å². The molecule has 2 aliphatic carbocycles. The van der Waals surface area contributed by atoms with Gasteiger partial charge in [0.05, 0.1) is 5.69 Å². The van der Waals surface area contributed by atoms with Gasteiger partial charge in [0.1, 0.15) is 6.33 Å². The van der Waals surface area contributed by atoms with E-state index in [-0.39, 0.29) is 0 Å². The molecular weight excluding hydrogens is 262 g/mol. The molecule has 2 aliphatic rings. The van der Waals surface area contributed by atoms with Crippen molar-refractivity contribution in [1.82, 2.24) is 20.2 Å². The van der Waals surface area contributed by atoms with Gasteiger partial charge in [-0.3, -0.25) is 0 Å². The highest BCUT2D eigenvalue weighted by Gasteiger charge is 2.34. The van der Waals surface area contributed by atoms with E-state index in [4.69, 9.17) is 0 Å². The summed E-state index contributed by atoms with van der Waals surface area (Å²) in [4.78, 5) is 0. The summed E-state index contributed by atoms with van der Waals surface area (Å²) in [5, 5.41) is 15.0. The quantitative estimate of drug-likeness (QED) is 0.937. The predicted molar refractivity (Wildman–Crippen MR) is 81.2 cm³/mol. The Balaban J connectivity index is 1.45. The summed E-state index contributed by atoms with van der Waals surface area (Å²) in [6.45, 7) is 0. The molecule has 110 valence electrons. The van der Waals surface area contributed by atoms with Gasteiger partial charge in [0.2, 0.25) is 0 Å². The van der Waals surface area contributed by atoms with Crippen LogP contribution >= 0.6 is 0 Å². The number of benzene rings is 1. The van der Waals surface area contributed by atoms with Gasteiger partial charge in [-0.15, -0.1) is 5.10 Å². The number of anilines is 1. The zero-order chi connectivity index (χ0) is 14.1. The van der Waals surface area contributed by atoms with Crippen LogP contribution in [0.4, 0.5) is 5.69 Å². The smallest absolute Gasteiger partial charge is 0.143 e. The largest absolute Gasteiger partial charge is 0.382 e. The fourth-order valence-corrected chi connectivity index (χ4v) is 3.61. The second-order valence-electron chi connectivity index (χ2n) is 6.41. The molecule has 21 heavy (non-hydrogen) atoms. The Hall–Kier alpha value is -1.91. The summed E-state index contributed by atoms with van der Waals surface area (Å²) in [5.41, 5.74) is 2.17. The minimum absolute atomic E-state index is 0.619. The Kier molecular flexibility index (Phi) is 3.33. The lowest BCUT2D eigenvalue weighted by atomic mass is 9.82. The maximum atomic E-state index is 3.95. The van der Waals surface area contributed by atoms with Crippen LogP contribution in [0.15, 0.2) is 30.6 Å². The molecule has 0 spiro atoms. The van der Waals surface area contributed by atoms with Gasteiger partial charge in [0.15, 0.2) is 0 Å². The lowest BCUT2D eigenvalue weighted by Crippen LogP contribution is -2.28. The first-order chi connectivity index (χ1) is 10.4. The fourth-order valence-electron chi connectivity index (χ4n) is 3.61. The molecule has 0 radical (unpaired) electrons. The highest BCUT2D eigenvalue weighted by atomic mass is 15.5. The molecule has 2 fully saturated rings. The normalized spacial score (nSPS) is 25.7. The Morgan fingerprint density at radius 2 is 2.05 bits per heavy atom. The molecule has 5 nitrogen and oxygen atoms in total. The molecule has 1 heterocycles. The number of tetrazole rings is 1. The van der Waals surface area contributed by atoms with Crippen LogP contribution in [0.1, 0.15) is 38.5 Å². The summed E-state index contributed by atoms with van der Waals surface area (Å²) in [6.07, 6.45) is 9.98. The molecule has 1 N–H and O–H groups in total. The van der Waals surface area contributed by atoms with Crippen molar-refractivity contribution in [2.24, 2.45) is 11.8 Å². The van der Waals surface area contributed by atoms with E-state index in [9.17, 15) is 0 Å². The van der Waals surface area contributed by atoms with Crippen LogP contribution in [-0.2, 0) is 0 Å². The Morgan fingerprint density at radius 1 is 1.10 bits per heavy atom. The topological polar surface area (TPSA) is 55.6 Å². The van der Waals surface area contributed by atoms with Crippen molar-refractivity contribution in [3.8, 4) is 5.69 Å². The Labute approximate surface area is 124 Å². The van der Waals surface area contributed by atoms with Crippen molar-refractivity contribution in [3.05, 3.63) is 30.6 Å². The minimum Gasteiger partial charge on any atom is -0.382 e. The number of hydrogen-bond acceptors (Lipinski definition) is 4. The molecule has 2 unspecified atom stereocenters. The maximum Gasteiger partial charge on any atom is 0.143 e. The highest BCUT2D eigenvalue weighted by Crippen LogP contribution is 2.44. The lowest BCUT2D eigenvalue weighted by Gasteiger charge is -2.30. The summed E-state index contributed by atoms with van der Waals surface area (Å²) in [6, 6.07) is 8.95. The average molecular weight is 283 g/mol. The molecule has 1 aromatic carbocycles. The second kappa shape index (κ2) is 5.47. The molecule has 0 saturated heterocycles. The van der Waals surface area contributed by atoms with Crippen molar-refractivity contribution >= 4 is 5.69 Å². The average Bonchev–Trinajstić information content (AvgIpc) is 3.23. The zero-order valence-electron chi connectivity index (χ0n) is 12.2. The van der Waals surface area contributed by atoms with Crippen LogP contribution < -0.4 is 5.32 Å². The standard InChI is InChI=1S/C16H21N5/c1-3-13(12-7-8-12)9-14(4-1)18-15-5-2-6-16(10-15)21-11-17-19-20-21/h2,5-6,10-14,18H,1,3-4,7-9H2. The first-order valence-electron chi connectivity index (χ1n) is 7.98. The number of nitrogens with zero attached hydrogens (tertiary/aromatic N) is 4. The number of rotatable bonds is 4. The highest BCUT2D eigenvalue weighted by molar-refractivity contribution is 5.51. The van der Waals surface area contributed by atoms with Gasteiger partial charge in [-0.1, -0.05) is 18.9 Å². The zero-order valence-corrected chi connectivity index (χ0v) is 12.2. The molecule has 5 heteroatoms. The van der Waals surface area contributed by atoms with Gasteiger partial charge in [-0.05, 0) is 66.1 Å². The fraction of sp³-hybridized carbons (Fsp3) is 0.562. The van der Waals surface area contributed by atoms with Gasteiger partial charge >= 0.3 is 0 Å². The van der Waals surface area contributed by atoms with Crippen molar-refractivity contribution in [2.75, 3.05) is 5.32 Å². The molecule has 2 saturated carbocycles. The molecule has 1 aromatic heterocycles. The van der Waals surface area contributed by atoms with Crippen molar-refractivity contribution in [2.45, 2.75) is 44.6 Å². The molecule has 2 aromatic rings.